The summed E-state index contributed by atoms with van der Waals surface area (Å²) in [7, 11) is 1.85. The Kier molecular flexibility index (Phi) is 4.33. The molecule has 0 spiro atoms. The Balaban J connectivity index is 1.79. The zero-order chi connectivity index (χ0) is 17.3. The second-order valence-electron chi connectivity index (χ2n) is 6.05. The molecule has 1 fully saturated rings. The molecule has 1 saturated heterocycles. The van der Waals surface area contributed by atoms with E-state index in [4.69, 9.17) is 0 Å². The predicted molar refractivity (Wildman–Crippen MR) is 92.1 cm³/mol. The number of fused-ring (bicyclic) bond motifs is 1. The van der Waals surface area contributed by atoms with E-state index in [0.29, 0.717) is 6.42 Å². The summed E-state index contributed by atoms with van der Waals surface area (Å²) in [5.41, 5.74) is 0.803. The van der Waals surface area contributed by atoms with E-state index in [1.54, 1.807) is 6.07 Å². The number of nitro groups is 1. The van der Waals surface area contributed by atoms with Crippen molar-refractivity contribution in [1.82, 2.24) is 9.88 Å². The van der Waals surface area contributed by atoms with Crippen molar-refractivity contribution in [3.8, 4) is 0 Å². The van der Waals surface area contributed by atoms with Gasteiger partial charge in [0.1, 0.15) is 5.82 Å². The fourth-order valence-electron chi connectivity index (χ4n) is 3.11. The molecule has 7 nitrogen and oxygen atoms in total. The smallest absolute Gasteiger partial charge is 0.270 e. The lowest BCUT2D eigenvalue weighted by Gasteiger charge is -2.25. The van der Waals surface area contributed by atoms with Gasteiger partial charge in [0.15, 0.2) is 0 Å². The maximum Gasteiger partial charge on any atom is 0.270 e. The second kappa shape index (κ2) is 6.43. The fraction of sp³-hybridized carbons (Fsp3) is 0.412. The van der Waals surface area contributed by atoms with Gasteiger partial charge in [-0.05, 0) is 24.6 Å². The van der Waals surface area contributed by atoms with Crippen LogP contribution in [0.25, 0.3) is 10.9 Å². The van der Waals surface area contributed by atoms with E-state index in [0.717, 1.165) is 36.2 Å². The molecule has 0 N–H and O–H groups in total. The molecule has 1 amide bonds. The van der Waals surface area contributed by atoms with E-state index in [9.17, 15) is 14.9 Å². The number of nitro benzene ring substituents is 1. The third kappa shape index (κ3) is 3.02. The summed E-state index contributed by atoms with van der Waals surface area (Å²) in [5, 5.41) is 11.6. The molecule has 2 heterocycles. The van der Waals surface area contributed by atoms with Gasteiger partial charge in [-0.15, -0.1) is 0 Å². The quantitative estimate of drug-likeness (QED) is 0.636. The van der Waals surface area contributed by atoms with Gasteiger partial charge in [-0.25, -0.2) is 4.98 Å². The van der Waals surface area contributed by atoms with E-state index in [-0.39, 0.29) is 17.6 Å². The maximum atomic E-state index is 11.8. The molecule has 1 atom stereocenters. The van der Waals surface area contributed by atoms with Crippen LogP contribution in [0.5, 0.6) is 0 Å². The zero-order valence-electron chi connectivity index (χ0n) is 13.8. The van der Waals surface area contributed by atoms with Crippen LogP contribution in [0.3, 0.4) is 0 Å². The van der Waals surface area contributed by atoms with Gasteiger partial charge in [-0.3, -0.25) is 14.9 Å². The molecule has 1 aromatic heterocycles. The third-order valence-corrected chi connectivity index (χ3v) is 4.60. The average molecular weight is 328 g/mol. The number of nitrogens with zero attached hydrogens (tertiary/aromatic N) is 4. The minimum atomic E-state index is -0.404. The average Bonchev–Trinajstić information content (AvgIpc) is 3.09. The molecular formula is C17H20N4O3. The van der Waals surface area contributed by atoms with Gasteiger partial charge in [0.25, 0.3) is 5.69 Å². The zero-order valence-corrected chi connectivity index (χ0v) is 13.8. The molecule has 1 aliphatic heterocycles. The van der Waals surface area contributed by atoms with Crippen molar-refractivity contribution in [2.75, 3.05) is 25.0 Å². The van der Waals surface area contributed by atoms with Crippen LogP contribution in [-0.2, 0) is 4.79 Å². The Bertz CT molecular complexity index is 792. The predicted octanol–water partition coefficient (Wildman–Crippen LogP) is 2.59. The van der Waals surface area contributed by atoms with Crippen molar-refractivity contribution in [3.63, 3.8) is 0 Å². The third-order valence-electron chi connectivity index (χ3n) is 4.60. The van der Waals surface area contributed by atoms with Gasteiger partial charge in [-0.2, -0.15) is 0 Å². The number of benzene rings is 1. The monoisotopic (exact) mass is 328 g/mol. The largest absolute Gasteiger partial charge is 0.354 e. The molecule has 7 heteroatoms. The standard InChI is InChI=1S/C17H20N4O3/c1-3-17(22)19(2)14-8-9-20(11-14)16-7-4-12-10-13(21(23)24)5-6-15(12)18-16/h4-7,10,14H,3,8-9,11H2,1-2H3/t14-/m1/s1. The minimum absolute atomic E-state index is 0.0676. The topological polar surface area (TPSA) is 79.6 Å². The van der Waals surface area contributed by atoms with Crippen LogP contribution >= 0.6 is 0 Å². The van der Waals surface area contributed by atoms with Crippen molar-refractivity contribution in [2.24, 2.45) is 0 Å². The lowest BCUT2D eigenvalue weighted by Crippen LogP contribution is -2.38. The van der Waals surface area contributed by atoms with Crippen molar-refractivity contribution < 1.29 is 9.72 Å². The van der Waals surface area contributed by atoms with E-state index >= 15 is 0 Å². The number of hydrogen-bond donors (Lipinski definition) is 0. The van der Waals surface area contributed by atoms with E-state index in [1.807, 2.05) is 31.0 Å². The summed E-state index contributed by atoms with van der Waals surface area (Å²) in [4.78, 5) is 30.9. The Morgan fingerprint density at radius 1 is 1.42 bits per heavy atom. The Labute approximate surface area is 140 Å². The number of rotatable bonds is 4. The number of hydrogen-bond acceptors (Lipinski definition) is 5. The van der Waals surface area contributed by atoms with E-state index < -0.39 is 4.92 Å². The van der Waals surface area contributed by atoms with Crippen molar-refractivity contribution in [2.45, 2.75) is 25.8 Å². The van der Waals surface area contributed by atoms with Crippen molar-refractivity contribution in [1.29, 1.82) is 0 Å². The first-order valence-electron chi connectivity index (χ1n) is 8.05. The highest BCUT2D eigenvalue weighted by Crippen LogP contribution is 2.25. The molecule has 0 bridgehead atoms. The number of carbonyl (C=O) groups is 1. The Morgan fingerprint density at radius 3 is 2.92 bits per heavy atom. The summed E-state index contributed by atoms with van der Waals surface area (Å²) < 4.78 is 0. The Hall–Kier alpha value is -2.70. The SMILES string of the molecule is CCC(=O)N(C)[C@@H]1CCN(c2ccc3cc([N+](=O)[O-])ccc3n2)C1. The highest BCUT2D eigenvalue weighted by molar-refractivity contribution is 5.82. The number of non-ortho nitro benzene ring substituents is 1. The highest BCUT2D eigenvalue weighted by Gasteiger charge is 2.28. The fourth-order valence-corrected chi connectivity index (χ4v) is 3.11. The summed E-state index contributed by atoms with van der Waals surface area (Å²) in [6.07, 6.45) is 1.43. The van der Waals surface area contributed by atoms with Crippen LogP contribution in [0, 0.1) is 10.1 Å². The summed E-state index contributed by atoms with van der Waals surface area (Å²) in [5.74, 6) is 0.997. The van der Waals surface area contributed by atoms with Crippen LogP contribution in [0.4, 0.5) is 11.5 Å². The van der Waals surface area contributed by atoms with E-state index in [2.05, 4.69) is 9.88 Å². The van der Waals surface area contributed by atoms with Crippen LogP contribution in [0.2, 0.25) is 0 Å². The molecule has 1 aliphatic rings. The molecule has 1 aromatic carbocycles. The summed E-state index contributed by atoms with van der Waals surface area (Å²) >= 11 is 0. The summed E-state index contributed by atoms with van der Waals surface area (Å²) in [6, 6.07) is 8.63. The highest BCUT2D eigenvalue weighted by atomic mass is 16.6. The van der Waals surface area contributed by atoms with Gasteiger partial charge in [-0.1, -0.05) is 6.92 Å². The summed E-state index contributed by atoms with van der Waals surface area (Å²) in [6.45, 7) is 3.47. The molecule has 0 saturated carbocycles. The molecule has 24 heavy (non-hydrogen) atoms. The number of anilines is 1. The van der Waals surface area contributed by atoms with Crippen LogP contribution in [-0.4, -0.2) is 46.9 Å². The number of likely N-dealkylation sites (N-methyl/N-ethyl adjacent to an activating group) is 1. The van der Waals surface area contributed by atoms with Crippen molar-refractivity contribution >= 4 is 28.3 Å². The molecule has 0 unspecified atom stereocenters. The molecule has 3 rings (SSSR count). The molecule has 0 radical (unpaired) electrons. The number of amides is 1. The lowest BCUT2D eigenvalue weighted by molar-refractivity contribution is -0.384. The first kappa shape index (κ1) is 16.2. The first-order chi connectivity index (χ1) is 11.5. The molecule has 2 aromatic rings. The van der Waals surface area contributed by atoms with Gasteiger partial charge in [0.2, 0.25) is 5.91 Å². The van der Waals surface area contributed by atoms with Crippen LogP contribution < -0.4 is 4.90 Å². The normalized spacial score (nSPS) is 17.2. The van der Waals surface area contributed by atoms with Gasteiger partial charge in [0, 0.05) is 44.1 Å². The van der Waals surface area contributed by atoms with Crippen LogP contribution in [0.15, 0.2) is 30.3 Å². The Morgan fingerprint density at radius 2 is 2.21 bits per heavy atom. The van der Waals surface area contributed by atoms with Crippen molar-refractivity contribution in [3.05, 3.63) is 40.4 Å². The van der Waals surface area contributed by atoms with Crippen LogP contribution in [0.1, 0.15) is 19.8 Å². The number of aromatic nitrogens is 1. The molecular weight excluding hydrogens is 308 g/mol. The molecule has 126 valence electrons. The van der Waals surface area contributed by atoms with Gasteiger partial charge >= 0.3 is 0 Å². The first-order valence-corrected chi connectivity index (χ1v) is 8.05. The lowest BCUT2D eigenvalue weighted by atomic mass is 10.2. The maximum absolute atomic E-state index is 11.8. The second-order valence-corrected chi connectivity index (χ2v) is 6.05. The number of carbonyl (C=O) groups excluding carboxylic acids is 1. The van der Waals surface area contributed by atoms with Gasteiger partial charge < -0.3 is 9.80 Å². The van der Waals surface area contributed by atoms with Gasteiger partial charge in [0.05, 0.1) is 16.5 Å². The minimum Gasteiger partial charge on any atom is -0.354 e. The number of pyridine rings is 1. The van der Waals surface area contributed by atoms with E-state index in [1.165, 1.54) is 12.1 Å². The molecule has 0 aliphatic carbocycles.